The van der Waals surface area contributed by atoms with Gasteiger partial charge in [0.2, 0.25) is 6.54 Å². The van der Waals surface area contributed by atoms with Crippen LogP contribution in [0.1, 0.15) is 17.0 Å². The van der Waals surface area contributed by atoms with E-state index in [9.17, 15) is 20.0 Å². The Morgan fingerprint density at radius 2 is 1.83 bits per heavy atom. The maximum Gasteiger partial charge on any atom is 0.344 e. The molecule has 1 aromatic heterocycles. The van der Waals surface area contributed by atoms with E-state index in [4.69, 9.17) is 16.0 Å². The Labute approximate surface area is 141 Å². The standard InChI is InChI=1S/C17H12ClNO5/c18-11-7-5-10(6-8-11)13(9-19(22)23)15-16(20)12-3-1-2-4-14(12)24-17(15)21/h1-8,13,20H,9H2/t13-/m1/s1. The number of aromatic hydroxyl groups is 1. The van der Waals surface area contributed by atoms with E-state index in [1.54, 1.807) is 48.5 Å². The van der Waals surface area contributed by atoms with Gasteiger partial charge in [-0.2, -0.15) is 0 Å². The lowest BCUT2D eigenvalue weighted by atomic mass is 9.91. The zero-order valence-electron chi connectivity index (χ0n) is 12.3. The molecule has 1 atom stereocenters. The second-order valence-corrected chi connectivity index (χ2v) is 5.70. The molecule has 1 heterocycles. The van der Waals surface area contributed by atoms with E-state index in [1.807, 2.05) is 0 Å². The first-order valence-corrected chi connectivity index (χ1v) is 7.47. The second kappa shape index (κ2) is 6.33. The molecule has 0 fully saturated rings. The lowest BCUT2D eigenvalue weighted by Crippen LogP contribution is -2.21. The Morgan fingerprint density at radius 1 is 1.17 bits per heavy atom. The fraction of sp³-hybridized carbons (Fsp3) is 0.118. The molecule has 0 saturated heterocycles. The summed E-state index contributed by atoms with van der Waals surface area (Å²) >= 11 is 5.85. The lowest BCUT2D eigenvalue weighted by molar-refractivity contribution is -0.481. The van der Waals surface area contributed by atoms with Gasteiger partial charge in [0.05, 0.1) is 16.9 Å². The van der Waals surface area contributed by atoms with Gasteiger partial charge >= 0.3 is 5.63 Å². The zero-order chi connectivity index (χ0) is 17.3. The highest BCUT2D eigenvalue weighted by Gasteiger charge is 2.28. The summed E-state index contributed by atoms with van der Waals surface area (Å²) in [5.74, 6) is -1.25. The predicted octanol–water partition coefficient (Wildman–Crippen LogP) is 3.56. The minimum atomic E-state index is -0.946. The number of fused-ring (bicyclic) bond motifs is 1. The molecule has 3 rings (SSSR count). The highest BCUT2D eigenvalue weighted by Crippen LogP contribution is 2.34. The molecule has 6 nitrogen and oxygen atoms in total. The normalized spacial score (nSPS) is 12.2. The third kappa shape index (κ3) is 2.96. The van der Waals surface area contributed by atoms with Gasteiger partial charge in [-0.3, -0.25) is 10.1 Å². The number of benzene rings is 2. The molecule has 7 heteroatoms. The monoisotopic (exact) mass is 345 g/mol. The van der Waals surface area contributed by atoms with E-state index in [2.05, 4.69) is 0 Å². The van der Waals surface area contributed by atoms with Crippen molar-refractivity contribution >= 4 is 22.6 Å². The Balaban J connectivity index is 2.24. The average Bonchev–Trinajstić information content (AvgIpc) is 2.54. The van der Waals surface area contributed by atoms with Crippen molar-refractivity contribution in [3.63, 3.8) is 0 Å². The predicted molar refractivity (Wildman–Crippen MR) is 89.3 cm³/mol. The molecule has 2 aromatic carbocycles. The number of rotatable bonds is 4. The van der Waals surface area contributed by atoms with Crippen LogP contribution in [0, 0.1) is 10.1 Å². The molecule has 122 valence electrons. The summed E-state index contributed by atoms with van der Waals surface area (Å²) in [6.45, 7) is -0.557. The van der Waals surface area contributed by atoms with Crippen molar-refractivity contribution < 1.29 is 14.4 Å². The average molecular weight is 346 g/mol. The van der Waals surface area contributed by atoms with Crippen molar-refractivity contribution in [2.75, 3.05) is 6.54 Å². The van der Waals surface area contributed by atoms with Crippen LogP contribution in [-0.4, -0.2) is 16.6 Å². The summed E-state index contributed by atoms with van der Waals surface area (Å²) in [4.78, 5) is 22.9. The van der Waals surface area contributed by atoms with Gasteiger partial charge in [0.25, 0.3) is 0 Å². The van der Waals surface area contributed by atoms with E-state index >= 15 is 0 Å². The van der Waals surface area contributed by atoms with Crippen LogP contribution in [0.3, 0.4) is 0 Å². The number of nitro groups is 1. The SMILES string of the molecule is O=c1oc2ccccc2c(O)c1[C@H](C[N+](=O)[O-])c1ccc(Cl)cc1. The van der Waals surface area contributed by atoms with Crippen LogP contribution >= 0.6 is 11.6 Å². The largest absolute Gasteiger partial charge is 0.507 e. The molecular formula is C17H12ClNO5. The maximum absolute atomic E-state index is 12.3. The lowest BCUT2D eigenvalue weighted by Gasteiger charge is -2.15. The number of halogens is 1. The summed E-state index contributed by atoms with van der Waals surface area (Å²) in [7, 11) is 0. The van der Waals surface area contributed by atoms with Gasteiger partial charge in [-0.25, -0.2) is 4.79 Å². The van der Waals surface area contributed by atoms with Crippen LogP contribution in [-0.2, 0) is 0 Å². The molecule has 0 amide bonds. The molecule has 0 bridgehead atoms. The third-order valence-corrected chi connectivity index (χ3v) is 4.02. The highest BCUT2D eigenvalue weighted by molar-refractivity contribution is 6.30. The minimum absolute atomic E-state index is 0.132. The molecule has 0 saturated carbocycles. The van der Waals surface area contributed by atoms with E-state index in [0.717, 1.165) is 0 Å². The third-order valence-electron chi connectivity index (χ3n) is 3.77. The van der Waals surface area contributed by atoms with Gasteiger partial charge in [0, 0.05) is 9.95 Å². The summed E-state index contributed by atoms with van der Waals surface area (Å²) in [5.41, 5.74) is -0.214. The van der Waals surface area contributed by atoms with E-state index < -0.39 is 23.0 Å². The van der Waals surface area contributed by atoms with Gasteiger partial charge in [0.15, 0.2) is 0 Å². The smallest absolute Gasteiger partial charge is 0.344 e. The van der Waals surface area contributed by atoms with Crippen LogP contribution < -0.4 is 5.63 Å². The number of hydrogen-bond acceptors (Lipinski definition) is 5. The summed E-state index contributed by atoms with van der Waals surface area (Å²) in [6, 6.07) is 12.8. The van der Waals surface area contributed by atoms with Crippen molar-refractivity contribution in [1.29, 1.82) is 0 Å². The molecule has 24 heavy (non-hydrogen) atoms. The quantitative estimate of drug-likeness (QED) is 0.443. The Morgan fingerprint density at radius 3 is 2.50 bits per heavy atom. The van der Waals surface area contributed by atoms with E-state index in [0.29, 0.717) is 16.0 Å². The highest BCUT2D eigenvalue weighted by atomic mass is 35.5. The second-order valence-electron chi connectivity index (χ2n) is 5.27. The van der Waals surface area contributed by atoms with Crippen LogP contribution in [0.15, 0.2) is 57.7 Å². The molecule has 3 aromatic rings. The first-order valence-electron chi connectivity index (χ1n) is 7.09. The molecule has 0 radical (unpaired) electrons. The van der Waals surface area contributed by atoms with E-state index in [-0.39, 0.29) is 16.9 Å². The van der Waals surface area contributed by atoms with Crippen molar-refractivity contribution in [3.05, 3.63) is 85.2 Å². The Bertz CT molecular complexity index is 965. The van der Waals surface area contributed by atoms with Crippen LogP contribution in [0.2, 0.25) is 5.02 Å². The first-order chi connectivity index (χ1) is 11.5. The maximum atomic E-state index is 12.3. The van der Waals surface area contributed by atoms with Gasteiger partial charge in [0.1, 0.15) is 11.3 Å². The molecule has 0 aliphatic carbocycles. The minimum Gasteiger partial charge on any atom is -0.507 e. The zero-order valence-corrected chi connectivity index (χ0v) is 13.1. The fourth-order valence-corrected chi connectivity index (χ4v) is 2.79. The van der Waals surface area contributed by atoms with Gasteiger partial charge < -0.3 is 9.52 Å². The van der Waals surface area contributed by atoms with Crippen LogP contribution in [0.5, 0.6) is 5.75 Å². The molecule has 1 N–H and O–H groups in total. The summed E-state index contributed by atoms with van der Waals surface area (Å²) in [6.07, 6.45) is 0. The van der Waals surface area contributed by atoms with E-state index in [1.165, 1.54) is 0 Å². The molecule has 0 spiro atoms. The topological polar surface area (TPSA) is 93.6 Å². The number of para-hydroxylation sites is 1. The van der Waals surface area contributed by atoms with Gasteiger partial charge in [-0.15, -0.1) is 0 Å². The van der Waals surface area contributed by atoms with Crippen molar-refractivity contribution in [1.82, 2.24) is 0 Å². The summed E-state index contributed by atoms with van der Waals surface area (Å²) in [5, 5.41) is 22.4. The Kier molecular flexibility index (Phi) is 4.22. The number of nitrogens with zero attached hydrogens (tertiary/aromatic N) is 1. The van der Waals surface area contributed by atoms with Gasteiger partial charge in [-0.1, -0.05) is 35.9 Å². The molecule has 0 aliphatic heterocycles. The van der Waals surface area contributed by atoms with Gasteiger partial charge in [-0.05, 0) is 29.8 Å². The molecular weight excluding hydrogens is 334 g/mol. The van der Waals surface area contributed by atoms with Crippen molar-refractivity contribution in [2.24, 2.45) is 0 Å². The van der Waals surface area contributed by atoms with Crippen LogP contribution in [0.4, 0.5) is 0 Å². The van der Waals surface area contributed by atoms with Crippen LogP contribution in [0.25, 0.3) is 11.0 Å². The molecule has 0 unspecified atom stereocenters. The summed E-state index contributed by atoms with van der Waals surface area (Å²) < 4.78 is 5.22. The number of hydrogen-bond donors (Lipinski definition) is 1. The Hall–Kier alpha value is -2.86. The molecule has 0 aliphatic rings. The fourth-order valence-electron chi connectivity index (χ4n) is 2.66. The van der Waals surface area contributed by atoms with Crippen molar-refractivity contribution in [2.45, 2.75) is 5.92 Å². The first kappa shape index (κ1) is 16.0. The van der Waals surface area contributed by atoms with Crippen molar-refractivity contribution in [3.8, 4) is 5.75 Å².